The van der Waals surface area contributed by atoms with Crippen molar-refractivity contribution >= 4 is 11.6 Å². The van der Waals surface area contributed by atoms with Crippen LogP contribution in [0.5, 0.6) is 0 Å². The van der Waals surface area contributed by atoms with Crippen molar-refractivity contribution in [2.24, 2.45) is 0 Å². The second-order valence-electron chi connectivity index (χ2n) is 5.10. The van der Waals surface area contributed by atoms with Crippen LogP contribution in [0.3, 0.4) is 0 Å². The van der Waals surface area contributed by atoms with Gasteiger partial charge in [-0.25, -0.2) is 0 Å². The fraction of sp³-hybridized carbons (Fsp3) is 0.571. The highest BCUT2D eigenvalue weighted by Crippen LogP contribution is 2.28. The second kappa shape index (κ2) is 6.02. The molecule has 1 saturated heterocycles. The van der Waals surface area contributed by atoms with Crippen LogP contribution >= 0.6 is 11.6 Å². The van der Waals surface area contributed by atoms with E-state index in [0.717, 1.165) is 24.7 Å². The van der Waals surface area contributed by atoms with E-state index in [1.54, 1.807) is 0 Å². The Labute approximate surface area is 115 Å². The third kappa shape index (κ3) is 2.86. The van der Waals surface area contributed by atoms with Crippen LogP contribution in [0.4, 0.5) is 0 Å². The SMILES string of the molecule is CNC(c1ccccc1Cl)C1CN(C)CCN1C. The van der Waals surface area contributed by atoms with E-state index in [4.69, 9.17) is 11.6 Å². The fourth-order valence-corrected chi connectivity index (χ4v) is 2.94. The average Bonchev–Trinajstić information content (AvgIpc) is 2.36. The van der Waals surface area contributed by atoms with Crippen LogP contribution in [0.1, 0.15) is 11.6 Å². The Bertz CT molecular complexity index is 396. The molecule has 100 valence electrons. The molecule has 2 rings (SSSR count). The van der Waals surface area contributed by atoms with Crippen molar-refractivity contribution in [3.8, 4) is 0 Å². The molecule has 0 bridgehead atoms. The quantitative estimate of drug-likeness (QED) is 0.902. The molecule has 0 radical (unpaired) electrons. The maximum absolute atomic E-state index is 6.33. The number of benzene rings is 1. The summed E-state index contributed by atoms with van der Waals surface area (Å²) >= 11 is 6.33. The van der Waals surface area contributed by atoms with Crippen LogP contribution in [-0.2, 0) is 0 Å². The zero-order valence-electron chi connectivity index (χ0n) is 11.4. The molecule has 2 unspecified atom stereocenters. The monoisotopic (exact) mass is 267 g/mol. The van der Waals surface area contributed by atoms with Crippen LogP contribution in [0.2, 0.25) is 5.02 Å². The summed E-state index contributed by atoms with van der Waals surface area (Å²) in [5.74, 6) is 0. The number of likely N-dealkylation sites (N-methyl/N-ethyl adjacent to an activating group) is 3. The topological polar surface area (TPSA) is 18.5 Å². The van der Waals surface area contributed by atoms with Gasteiger partial charge >= 0.3 is 0 Å². The number of nitrogens with zero attached hydrogens (tertiary/aromatic N) is 2. The van der Waals surface area contributed by atoms with Crippen molar-refractivity contribution in [3.05, 3.63) is 34.9 Å². The molecule has 0 saturated carbocycles. The van der Waals surface area contributed by atoms with Crippen LogP contribution in [0.15, 0.2) is 24.3 Å². The van der Waals surface area contributed by atoms with E-state index in [-0.39, 0.29) is 6.04 Å². The number of piperazine rings is 1. The molecule has 1 aliphatic rings. The molecule has 0 aliphatic carbocycles. The van der Waals surface area contributed by atoms with Crippen LogP contribution in [0, 0.1) is 0 Å². The van der Waals surface area contributed by atoms with Crippen molar-refractivity contribution in [2.75, 3.05) is 40.8 Å². The van der Waals surface area contributed by atoms with Crippen molar-refractivity contribution in [3.63, 3.8) is 0 Å². The molecule has 0 aromatic heterocycles. The number of hydrogen-bond donors (Lipinski definition) is 1. The zero-order chi connectivity index (χ0) is 13.1. The molecule has 1 aromatic rings. The van der Waals surface area contributed by atoms with Gasteiger partial charge in [-0.05, 0) is 32.8 Å². The molecular weight excluding hydrogens is 246 g/mol. The number of hydrogen-bond acceptors (Lipinski definition) is 3. The van der Waals surface area contributed by atoms with E-state index < -0.39 is 0 Å². The Morgan fingerprint density at radius 3 is 2.67 bits per heavy atom. The summed E-state index contributed by atoms with van der Waals surface area (Å²) in [6.45, 7) is 3.29. The van der Waals surface area contributed by atoms with Crippen molar-refractivity contribution in [1.29, 1.82) is 0 Å². The largest absolute Gasteiger partial charge is 0.312 e. The van der Waals surface area contributed by atoms with Crippen LogP contribution in [0.25, 0.3) is 0 Å². The van der Waals surface area contributed by atoms with Gasteiger partial charge in [0.25, 0.3) is 0 Å². The van der Waals surface area contributed by atoms with E-state index in [9.17, 15) is 0 Å². The maximum atomic E-state index is 6.33. The highest BCUT2D eigenvalue weighted by atomic mass is 35.5. The minimum Gasteiger partial charge on any atom is -0.312 e. The van der Waals surface area contributed by atoms with Crippen LogP contribution < -0.4 is 5.32 Å². The second-order valence-corrected chi connectivity index (χ2v) is 5.51. The van der Waals surface area contributed by atoms with Gasteiger partial charge in [0.15, 0.2) is 0 Å². The molecular formula is C14H22ClN3. The van der Waals surface area contributed by atoms with E-state index >= 15 is 0 Å². The standard InChI is InChI=1S/C14H22ClN3/c1-16-14(11-6-4-5-7-12(11)15)13-10-17(2)8-9-18(13)3/h4-7,13-14,16H,8-10H2,1-3H3. The lowest BCUT2D eigenvalue weighted by Crippen LogP contribution is -2.54. The normalized spacial score (nSPS) is 24.1. The first kappa shape index (κ1) is 13.8. The maximum Gasteiger partial charge on any atom is 0.0502 e. The highest BCUT2D eigenvalue weighted by Gasteiger charge is 2.30. The fourth-order valence-electron chi connectivity index (χ4n) is 2.69. The highest BCUT2D eigenvalue weighted by molar-refractivity contribution is 6.31. The first-order valence-corrected chi connectivity index (χ1v) is 6.81. The smallest absolute Gasteiger partial charge is 0.0502 e. The van der Waals surface area contributed by atoms with Gasteiger partial charge in [0, 0.05) is 30.7 Å². The summed E-state index contributed by atoms with van der Waals surface area (Å²) in [6.07, 6.45) is 0. The van der Waals surface area contributed by atoms with Crippen molar-refractivity contribution in [1.82, 2.24) is 15.1 Å². The zero-order valence-corrected chi connectivity index (χ0v) is 12.1. The average molecular weight is 268 g/mol. The summed E-state index contributed by atoms with van der Waals surface area (Å²) in [7, 11) is 6.38. The molecule has 1 fully saturated rings. The molecule has 0 spiro atoms. The predicted molar refractivity (Wildman–Crippen MR) is 77.2 cm³/mol. The van der Waals surface area contributed by atoms with Gasteiger partial charge in [-0.15, -0.1) is 0 Å². The summed E-state index contributed by atoms with van der Waals surface area (Å²) in [6, 6.07) is 8.84. The minimum atomic E-state index is 0.270. The van der Waals surface area contributed by atoms with Crippen molar-refractivity contribution in [2.45, 2.75) is 12.1 Å². The summed E-state index contributed by atoms with van der Waals surface area (Å²) in [5.41, 5.74) is 1.19. The van der Waals surface area contributed by atoms with E-state index in [1.807, 2.05) is 19.2 Å². The lowest BCUT2D eigenvalue weighted by atomic mass is 9.96. The van der Waals surface area contributed by atoms with Gasteiger partial charge in [-0.3, -0.25) is 4.90 Å². The van der Waals surface area contributed by atoms with E-state index in [2.05, 4.69) is 41.3 Å². The molecule has 18 heavy (non-hydrogen) atoms. The Balaban J connectivity index is 2.25. The molecule has 1 aliphatic heterocycles. The molecule has 2 atom stereocenters. The first-order valence-electron chi connectivity index (χ1n) is 6.44. The summed E-state index contributed by atoms with van der Waals surface area (Å²) in [5, 5.41) is 4.27. The van der Waals surface area contributed by atoms with Gasteiger partial charge in [-0.1, -0.05) is 29.8 Å². The third-order valence-electron chi connectivity index (χ3n) is 3.84. The lowest BCUT2D eigenvalue weighted by molar-refractivity contribution is 0.0897. The summed E-state index contributed by atoms with van der Waals surface area (Å²) in [4.78, 5) is 4.80. The Kier molecular flexibility index (Phi) is 4.62. The van der Waals surface area contributed by atoms with E-state index in [1.165, 1.54) is 5.56 Å². The first-order chi connectivity index (χ1) is 8.63. The number of halogens is 1. The number of rotatable bonds is 3. The van der Waals surface area contributed by atoms with Gasteiger partial charge in [-0.2, -0.15) is 0 Å². The van der Waals surface area contributed by atoms with Crippen LogP contribution in [-0.4, -0.2) is 56.6 Å². The minimum absolute atomic E-state index is 0.270. The molecule has 3 nitrogen and oxygen atoms in total. The molecule has 1 aromatic carbocycles. The van der Waals surface area contributed by atoms with Gasteiger partial charge in [0.2, 0.25) is 0 Å². The Morgan fingerprint density at radius 2 is 2.00 bits per heavy atom. The third-order valence-corrected chi connectivity index (χ3v) is 4.18. The molecule has 1 N–H and O–H groups in total. The Hall–Kier alpha value is -0.610. The van der Waals surface area contributed by atoms with Gasteiger partial charge < -0.3 is 10.2 Å². The van der Waals surface area contributed by atoms with Gasteiger partial charge in [0.1, 0.15) is 0 Å². The summed E-state index contributed by atoms with van der Waals surface area (Å²) < 4.78 is 0. The molecule has 1 heterocycles. The van der Waals surface area contributed by atoms with E-state index in [0.29, 0.717) is 6.04 Å². The lowest BCUT2D eigenvalue weighted by Gasteiger charge is -2.42. The van der Waals surface area contributed by atoms with Crippen molar-refractivity contribution < 1.29 is 0 Å². The Morgan fingerprint density at radius 1 is 1.28 bits per heavy atom. The number of nitrogens with one attached hydrogen (secondary N) is 1. The predicted octanol–water partition coefficient (Wildman–Crippen LogP) is 1.85. The molecule has 4 heteroatoms. The molecule has 0 amide bonds. The van der Waals surface area contributed by atoms with Gasteiger partial charge in [0.05, 0.1) is 6.04 Å².